The fourth-order valence-corrected chi connectivity index (χ4v) is 2.90. The molecule has 1 heterocycles. The molecule has 1 aromatic heterocycles. The first kappa shape index (κ1) is 12.5. The molecule has 0 radical (unpaired) electrons. The van der Waals surface area contributed by atoms with Gasteiger partial charge in [-0.2, -0.15) is 0 Å². The van der Waals surface area contributed by atoms with Gasteiger partial charge in [-0.3, -0.25) is 0 Å². The fourth-order valence-electron chi connectivity index (χ4n) is 1.02. The third-order valence-corrected chi connectivity index (χ3v) is 4.30. The van der Waals surface area contributed by atoms with Gasteiger partial charge in [-0.1, -0.05) is 22.4 Å². The van der Waals surface area contributed by atoms with E-state index in [1.807, 2.05) is 30.1 Å². The van der Waals surface area contributed by atoms with Gasteiger partial charge in [0, 0.05) is 16.0 Å². The molecule has 0 bridgehead atoms. The van der Waals surface area contributed by atoms with Gasteiger partial charge in [0.1, 0.15) is 5.03 Å². The highest BCUT2D eigenvalue weighted by Crippen LogP contribution is 2.25. The minimum atomic E-state index is 1.10. The lowest BCUT2D eigenvalue weighted by Gasteiger charge is -2.02. The summed E-state index contributed by atoms with van der Waals surface area (Å²) in [5.41, 5.74) is 0. The first-order valence-corrected chi connectivity index (χ1v) is 7.54. The molecular formula is C10H13Br2NS. The lowest BCUT2D eigenvalue weighted by atomic mass is 10.3. The Bertz CT molecular complexity index is 268. The monoisotopic (exact) mass is 337 g/mol. The predicted molar refractivity (Wildman–Crippen MR) is 70.3 cm³/mol. The van der Waals surface area contributed by atoms with Crippen molar-refractivity contribution in [2.45, 2.75) is 24.3 Å². The second-order valence-corrected chi connectivity index (χ2v) is 5.62. The van der Waals surface area contributed by atoms with Crippen LogP contribution in [0, 0.1) is 0 Å². The SMILES string of the molecule is BrCCCCCSc1ncccc1Br. The van der Waals surface area contributed by atoms with E-state index in [-0.39, 0.29) is 0 Å². The molecule has 1 aromatic rings. The number of nitrogens with zero attached hydrogens (tertiary/aromatic N) is 1. The maximum atomic E-state index is 4.30. The highest BCUT2D eigenvalue weighted by molar-refractivity contribution is 9.10. The number of rotatable bonds is 6. The van der Waals surface area contributed by atoms with Crippen molar-refractivity contribution in [3.63, 3.8) is 0 Å². The highest BCUT2D eigenvalue weighted by Gasteiger charge is 1.99. The predicted octanol–water partition coefficient (Wildman–Crippen LogP) is 4.50. The van der Waals surface area contributed by atoms with Crippen LogP contribution in [-0.4, -0.2) is 16.1 Å². The summed E-state index contributed by atoms with van der Waals surface area (Å²) in [5.74, 6) is 1.16. The van der Waals surface area contributed by atoms with Crippen LogP contribution in [0.25, 0.3) is 0 Å². The Morgan fingerprint density at radius 2 is 2.14 bits per heavy atom. The van der Waals surface area contributed by atoms with Crippen LogP contribution in [0.2, 0.25) is 0 Å². The van der Waals surface area contributed by atoms with E-state index < -0.39 is 0 Å². The third kappa shape index (κ3) is 4.80. The molecule has 1 nitrogen and oxygen atoms in total. The molecule has 78 valence electrons. The molecule has 0 N–H and O–H groups in total. The molecule has 0 fully saturated rings. The van der Waals surface area contributed by atoms with Crippen molar-refractivity contribution in [2.24, 2.45) is 0 Å². The van der Waals surface area contributed by atoms with Crippen molar-refractivity contribution in [2.75, 3.05) is 11.1 Å². The van der Waals surface area contributed by atoms with Gasteiger partial charge >= 0.3 is 0 Å². The van der Waals surface area contributed by atoms with Crippen LogP contribution in [0.4, 0.5) is 0 Å². The number of hydrogen-bond acceptors (Lipinski definition) is 2. The van der Waals surface area contributed by atoms with E-state index >= 15 is 0 Å². The largest absolute Gasteiger partial charge is 0.249 e. The summed E-state index contributed by atoms with van der Waals surface area (Å²) in [7, 11) is 0. The lowest BCUT2D eigenvalue weighted by Crippen LogP contribution is -1.85. The smallest absolute Gasteiger partial charge is 0.110 e. The van der Waals surface area contributed by atoms with Crippen molar-refractivity contribution >= 4 is 43.6 Å². The van der Waals surface area contributed by atoms with Crippen LogP contribution in [0.15, 0.2) is 27.8 Å². The van der Waals surface area contributed by atoms with E-state index in [1.54, 1.807) is 0 Å². The van der Waals surface area contributed by atoms with Crippen LogP contribution >= 0.6 is 43.6 Å². The van der Waals surface area contributed by atoms with E-state index in [0.29, 0.717) is 0 Å². The molecule has 0 aromatic carbocycles. The maximum Gasteiger partial charge on any atom is 0.110 e. The van der Waals surface area contributed by atoms with Crippen LogP contribution in [0.5, 0.6) is 0 Å². The fraction of sp³-hybridized carbons (Fsp3) is 0.500. The molecule has 0 aliphatic heterocycles. The zero-order chi connectivity index (χ0) is 10.2. The van der Waals surface area contributed by atoms with Crippen molar-refractivity contribution in [1.82, 2.24) is 4.98 Å². The molecule has 0 unspecified atom stereocenters. The first-order chi connectivity index (χ1) is 6.84. The molecule has 0 saturated heterocycles. The average Bonchev–Trinajstić information content (AvgIpc) is 2.20. The lowest BCUT2D eigenvalue weighted by molar-refractivity contribution is 0.788. The number of halogens is 2. The summed E-state index contributed by atoms with van der Waals surface area (Å²) in [6.45, 7) is 0. The molecule has 1 rings (SSSR count). The molecule has 0 aliphatic carbocycles. The Hall–Kier alpha value is 0.460. The van der Waals surface area contributed by atoms with Gasteiger partial charge in [0.25, 0.3) is 0 Å². The molecular weight excluding hydrogens is 326 g/mol. The standard InChI is InChI=1S/C10H13Br2NS/c11-6-2-1-3-8-14-10-9(12)5-4-7-13-10/h4-5,7H,1-3,6,8H2. The summed E-state index contributed by atoms with van der Waals surface area (Å²) >= 11 is 8.74. The zero-order valence-corrected chi connectivity index (χ0v) is 11.9. The molecule has 0 spiro atoms. The first-order valence-electron chi connectivity index (χ1n) is 4.64. The normalized spacial score (nSPS) is 10.4. The van der Waals surface area contributed by atoms with E-state index in [4.69, 9.17) is 0 Å². The Labute approximate surface area is 106 Å². The van der Waals surface area contributed by atoms with Crippen molar-refractivity contribution < 1.29 is 0 Å². The Balaban J connectivity index is 2.21. The van der Waals surface area contributed by atoms with Gasteiger partial charge in [0.15, 0.2) is 0 Å². The van der Waals surface area contributed by atoms with Gasteiger partial charge in [0.2, 0.25) is 0 Å². The van der Waals surface area contributed by atoms with Crippen molar-refractivity contribution in [1.29, 1.82) is 0 Å². The van der Waals surface area contributed by atoms with Crippen LogP contribution in [-0.2, 0) is 0 Å². The highest BCUT2D eigenvalue weighted by atomic mass is 79.9. The van der Waals surface area contributed by atoms with Gasteiger partial charge in [-0.25, -0.2) is 4.98 Å². The summed E-state index contributed by atoms with van der Waals surface area (Å²) in [4.78, 5) is 4.30. The maximum absolute atomic E-state index is 4.30. The second-order valence-electron chi connectivity index (χ2n) is 2.89. The summed E-state index contributed by atoms with van der Waals surface area (Å²) < 4.78 is 1.10. The topological polar surface area (TPSA) is 12.9 Å². The number of aromatic nitrogens is 1. The third-order valence-electron chi connectivity index (χ3n) is 1.74. The minimum absolute atomic E-state index is 1.10. The number of thioether (sulfide) groups is 1. The number of alkyl halides is 1. The van der Waals surface area contributed by atoms with Crippen molar-refractivity contribution in [3.05, 3.63) is 22.8 Å². The Morgan fingerprint density at radius 3 is 2.86 bits per heavy atom. The summed E-state index contributed by atoms with van der Waals surface area (Å²) in [6, 6.07) is 3.98. The number of unbranched alkanes of at least 4 members (excludes halogenated alkanes) is 2. The molecule has 0 aliphatic rings. The van der Waals surface area contributed by atoms with Gasteiger partial charge < -0.3 is 0 Å². The summed E-state index contributed by atoms with van der Waals surface area (Å²) in [6.07, 6.45) is 5.66. The van der Waals surface area contributed by atoms with Crippen LogP contribution in [0.1, 0.15) is 19.3 Å². The van der Waals surface area contributed by atoms with Gasteiger partial charge in [-0.05, 0) is 46.7 Å². The Kier molecular flexibility index (Phi) is 6.90. The molecule has 0 atom stereocenters. The van der Waals surface area contributed by atoms with E-state index in [9.17, 15) is 0 Å². The molecule has 0 amide bonds. The second kappa shape index (κ2) is 7.71. The van der Waals surface area contributed by atoms with Gasteiger partial charge in [-0.15, -0.1) is 11.8 Å². The zero-order valence-electron chi connectivity index (χ0n) is 7.88. The van der Waals surface area contributed by atoms with E-state index in [2.05, 4.69) is 36.8 Å². The molecule has 14 heavy (non-hydrogen) atoms. The van der Waals surface area contributed by atoms with E-state index in [1.165, 1.54) is 19.3 Å². The minimum Gasteiger partial charge on any atom is -0.249 e. The Morgan fingerprint density at radius 1 is 1.29 bits per heavy atom. The summed E-state index contributed by atoms with van der Waals surface area (Å²) in [5, 5.41) is 2.22. The van der Waals surface area contributed by atoms with Crippen LogP contribution < -0.4 is 0 Å². The van der Waals surface area contributed by atoms with Crippen molar-refractivity contribution in [3.8, 4) is 0 Å². The van der Waals surface area contributed by atoms with Crippen LogP contribution in [0.3, 0.4) is 0 Å². The average molecular weight is 339 g/mol. The van der Waals surface area contributed by atoms with Gasteiger partial charge in [0.05, 0.1) is 0 Å². The molecule has 0 saturated carbocycles. The number of hydrogen-bond donors (Lipinski definition) is 0. The van der Waals surface area contributed by atoms with E-state index in [0.717, 1.165) is 20.6 Å². The number of pyridine rings is 1. The quantitative estimate of drug-likeness (QED) is 0.430. The molecule has 4 heteroatoms.